The molecular weight excluding hydrogens is 1460 g/mol. The number of rotatable bonds is 37. The Balaban J connectivity index is 0.000000632. The van der Waals surface area contributed by atoms with E-state index in [1.807, 2.05) is 184 Å². The maximum atomic E-state index is 11.2. The van der Waals surface area contributed by atoms with Gasteiger partial charge in [-0.2, -0.15) is 0 Å². The van der Waals surface area contributed by atoms with E-state index in [4.69, 9.17) is 91.1 Å². The largest absolute Gasteiger partial charge is 0.537 e. The van der Waals surface area contributed by atoms with Crippen LogP contribution in [0.15, 0.2) is 146 Å². The summed E-state index contributed by atoms with van der Waals surface area (Å²) in [6.07, 6.45) is 0. The molecule has 0 spiro atoms. The van der Waals surface area contributed by atoms with Crippen LogP contribution in [0.2, 0.25) is 0 Å². The van der Waals surface area contributed by atoms with Gasteiger partial charge >= 0.3 is 52.8 Å². The van der Waals surface area contributed by atoms with Gasteiger partial charge in [0.05, 0.1) is 0 Å². The van der Waals surface area contributed by atoms with E-state index in [0.717, 1.165) is 42.5 Å². The molecule has 0 aliphatic rings. The molecule has 0 aliphatic carbocycles. The smallest absolute Gasteiger partial charge is 0.399 e. The van der Waals surface area contributed by atoms with Gasteiger partial charge in [-0.25, -0.2) is 0 Å². The van der Waals surface area contributed by atoms with Crippen LogP contribution in [0.25, 0.3) is 0 Å². The van der Waals surface area contributed by atoms with Gasteiger partial charge in [0.2, 0.25) is 23.6 Å². The van der Waals surface area contributed by atoms with Crippen LogP contribution < -0.4 is 63.9 Å². The third-order valence-electron chi connectivity index (χ3n) is 14.1. The predicted molar refractivity (Wildman–Crippen MR) is 425 cm³/mol. The number of amides is 4. The average Bonchev–Trinajstić information content (AvgIpc) is 0.840. The molecule has 0 fully saturated rings. The number of nitrogens with one attached hydrogen (secondary N) is 4. The van der Waals surface area contributed by atoms with E-state index >= 15 is 0 Å². The maximum absolute atomic E-state index is 11.2. The van der Waals surface area contributed by atoms with Gasteiger partial charge in [0.15, 0.2) is 0 Å². The highest BCUT2D eigenvalue weighted by Gasteiger charge is 2.47. The van der Waals surface area contributed by atoms with Crippen molar-refractivity contribution in [3.8, 4) is 0 Å². The van der Waals surface area contributed by atoms with Crippen molar-refractivity contribution in [2.24, 2.45) is 0 Å². The van der Waals surface area contributed by atoms with Crippen LogP contribution in [-0.4, -0.2) is 200 Å². The lowest BCUT2D eigenvalue weighted by Crippen LogP contribution is -2.56. The molecule has 6 rings (SSSR count). The summed E-state index contributed by atoms with van der Waals surface area (Å²) < 4.78 is 100. The standard InChI is InChI=1S/2C14H23NO4Si.C12H21NO3Si.2C11H17NO4Si.C9H15NO3Si/c1-5-17-20(18-6-2,19-7-3)14-10-8-13(9-11-14)15-12(4)16;1-5-17-20(18-6-2,19-7-3)14-10-8-9-13(11-14)15-12(4)16;1-4-14-17(15-5-2,16-6-3)12-9-7-8-11(13)10-12;1-9(13)12-10-5-7-11(8-6-10)17(14-2,15-3)16-4;1-9(13)12-10-6-5-7-11(8-10)17(14-2,15-3)16-4;1-11-14(12-2,13-3)9-6-4-5-8(10)7-9/h2*8-11H,5-7H2,1-4H3,(H,15,16);7-10H,4-6,13H2,1-3H3;2*5-8H,1-4H3,(H,12,13);4-7H,10H2,1-3H3. The number of hydrogen-bond acceptors (Lipinski definition) is 24. The summed E-state index contributed by atoms with van der Waals surface area (Å²) in [5.74, 6) is -0.438. The molecule has 28 nitrogen and oxygen atoms in total. The van der Waals surface area contributed by atoms with Crippen molar-refractivity contribution < 1.29 is 98.8 Å². The second kappa shape index (κ2) is 51.6. The first kappa shape index (κ1) is 96.4. The van der Waals surface area contributed by atoms with E-state index < -0.39 is 52.8 Å². The van der Waals surface area contributed by atoms with E-state index in [9.17, 15) is 19.2 Å². The summed E-state index contributed by atoms with van der Waals surface area (Å²) in [5.41, 5.74) is 15.7. The van der Waals surface area contributed by atoms with Crippen LogP contribution in [0, 0.1) is 0 Å². The minimum Gasteiger partial charge on any atom is -0.399 e. The molecule has 34 heteroatoms. The minimum atomic E-state index is -2.91. The Morgan fingerprint density at radius 3 is 0.676 bits per heavy atom. The van der Waals surface area contributed by atoms with Gasteiger partial charge in [-0.1, -0.05) is 72.8 Å². The fraction of sp³-hybridized carbons (Fsp3) is 0.437. The van der Waals surface area contributed by atoms with Crippen LogP contribution in [0.4, 0.5) is 34.1 Å². The molecule has 586 valence electrons. The first-order chi connectivity index (χ1) is 50.2. The van der Waals surface area contributed by atoms with Crippen molar-refractivity contribution >= 4 is 142 Å². The third-order valence-corrected chi connectivity index (χ3v) is 31.1. The number of carbonyl (C=O) groups is 4. The van der Waals surface area contributed by atoms with E-state index in [-0.39, 0.29) is 23.6 Å². The first-order valence-electron chi connectivity index (χ1n) is 34.1. The predicted octanol–water partition coefficient (Wildman–Crippen LogP) is 7.14. The molecule has 6 aromatic carbocycles. The molecule has 8 N–H and O–H groups in total. The number of nitrogen functional groups attached to an aromatic ring is 2. The normalized spacial score (nSPS) is 11.4. The van der Waals surface area contributed by atoms with Gasteiger partial charge in [-0.15, -0.1) is 0 Å². The topological polar surface area (TPSA) is 335 Å². The molecule has 0 atom stereocenters. The zero-order valence-electron chi connectivity index (χ0n) is 65.4. The van der Waals surface area contributed by atoms with E-state index in [0.29, 0.717) is 82.2 Å². The van der Waals surface area contributed by atoms with Crippen molar-refractivity contribution in [1.29, 1.82) is 0 Å². The number of anilines is 6. The van der Waals surface area contributed by atoms with Gasteiger partial charge < -0.3 is 112 Å². The monoisotopic (exact) mass is 1570 g/mol. The van der Waals surface area contributed by atoms with Crippen molar-refractivity contribution in [2.75, 3.05) is 156 Å². The van der Waals surface area contributed by atoms with E-state index in [2.05, 4.69) is 21.3 Å². The zero-order valence-corrected chi connectivity index (χ0v) is 71.4. The number of nitrogens with two attached hydrogens (primary N) is 2. The molecule has 6 aromatic rings. The molecule has 0 saturated heterocycles. The van der Waals surface area contributed by atoms with Gasteiger partial charge in [0, 0.05) is 216 Å². The average molecular weight is 1570 g/mol. The summed E-state index contributed by atoms with van der Waals surface area (Å²) in [5, 5.41) is 16.1. The Hall–Kier alpha value is -6.62. The SMILES string of the molecule is CCO[Si](OCC)(OCC)c1ccc(NC(C)=O)cc1.CCO[Si](OCC)(OCC)c1cccc(N)c1.CCO[Si](OCC)(OCC)c1cccc(NC(C)=O)c1.CO[Si](OC)(OC)c1ccc(NC(C)=O)cc1.CO[Si](OC)(OC)c1cccc(N)c1.CO[Si](OC)(OC)c1cccc(NC(C)=O)c1. The Morgan fingerprint density at radius 2 is 0.448 bits per heavy atom. The van der Waals surface area contributed by atoms with Crippen LogP contribution in [0.3, 0.4) is 0 Å². The number of benzene rings is 6. The molecule has 105 heavy (non-hydrogen) atoms. The quantitative estimate of drug-likeness (QED) is 0.0167. The molecule has 4 amide bonds. The zero-order chi connectivity index (χ0) is 79.1. The molecule has 0 radical (unpaired) electrons. The number of hydrogen-bond donors (Lipinski definition) is 6. The Morgan fingerprint density at radius 1 is 0.257 bits per heavy atom. The minimum absolute atomic E-state index is 0.0966. The highest BCUT2D eigenvalue weighted by Crippen LogP contribution is 2.19. The summed E-state index contributed by atoms with van der Waals surface area (Å²) in [4.78, 5) is 44.1. The maximum Gasteiger partial charge on any atom is 0.537 e. The van der Waals surface area contributed by atoms with Crippen molar-refractivity contribution in [2.45, 2.75) is 90.0 Å². The molecular formula is C71H116N6O22Si6. The van der Waals surface area contributed by atoms with Gasteiger partial charge in [-0.05, 0) is 135 Å². The van der Waals surface area contributed by atoms with Crippen LogP contribution in [0.1, 0.15) is 90.0 Å². The summed E-state index contributed by atoms with van der Waals surface area (Å²) in [7, 11) is -2.81. The lowest BCUT2D eigenvalue weighted by Gasteiger charge is -2.28. The molecule has 0 aromatic heterocycles. The second-order valence-corrected chi connectivity index (χ2v) is 37.8. The molecule has 0 saturated carbocycles. The second-order valence-electron chi connectivity index (χ2n) is 21.4. The van der Waals surface area contributed by atoms with Crippen molar-refractivity contribution in [1.82, 2.24) is 0 Å². The van der Waals surface area contributed by atoms with Crippen molar-refractivity contribution in [3.63, 3.8) is 0 Å². The molecule has 0 heterocycles. The molecule has 0 aliphatic heterocycles. The Bertz CT molecular complexity index is 3340. The van der Waals surface area contributed by atoms with Crippen LogP contribution in [-0.2, 0) is 98.8 Å². The van der Waals surface area contributed by atoms with Gasteiger partial charge in [0.1, 0.15) is 0 Å². The van der Waals surface area contributed by atoms with Gasteiger partial charge in [0.25, 0.3) is 0 Å². The summed E-state index contributed by atoms with van der Waals surface area (Å²) >= 11 is 0. The Labute approximate surface area is 629 Å². The lowest BCUT2D eigenvalue weighted by molar-refractivity contribution is -0.115. The fourth-order valence-corrected chi connectivity index (χ4v) is 23.0. The van der Waals surface area contributed by atoms with Crippen LogP contribution >= 0.6 is 0 Å². The third kappa shape index (κ3) is 31.2. The van der Waals surface area contributed by atoms with E-state index in [1.165, 1.54) is 27.7 Å². The van der Waals surface area contributed by atoms with Crippen molar-refractivity contribution in [3.05, 3.63) is 146 Å². The first-order valence-corrected chi connectivity index (χ1v) is 44.5. The Kier molecular flexibility index (Phi) is 47.4. The lowest BCUT2D eigenvalue weighted by atomic mass is 10.3. The molecule has 0 bridgehead atoms. The molecule has 0 unspecified atom stereocenters. The van der Waals surface area contributed by atoms with Gasteiger partial charge in [-0.3, -0.25) is 19.2 Å². The summed E-state index contributed by atoms with van der Waals surface area (Å²) in [6.45, 7) is 28.0. The van der Waals surface area contributed by atoms with E-state index in [1.54, 1.807) is 88.3 Å². The number of carbonyl (C=O) groups excluding carboxylic acids is 4. The summed E-state index contributed by atoms with van der Waals surface area (Å²) in [6, 6.07) is 44.3. The highest BCUT2D eigenvalue weighted by molar-refractivity contribution is 6.77. The fourth-order valence-electron chi connectivity index (χ4n) is 10.0. The highest BCUT2D eigenvalue weighted by atomic mass is 28.4. The van der Waals surface area contributed by atoms with Crippen LogP contribution in [0.5, 0.6) is 0 Å².